The molecule has 0 aliphatic carbocycles. The van der Waals surface area contributed by atoms with Crippen LogP contribution in [-0.2, 0) is 4.79 Å². The van der Waals surface area contributed by atoms with E-state index in [1.807, 2.05) is 0 Å². The van der Waals surface area contributed by atoms with Crippen molar-refractivity contribution in [3.63, 3.8) is 0 Å². The third kappa shape index (κ3) is 16.1. The van der Waals surface area contributed by atoms with Crippen LogP contribution in [0.1, 0.15) is 32.6 Å². The maximum atomic E-state index is 9.11. The Labute approximate surface area is 74.3 Å². The lowest BCUT2D eigenvalue weighted by Crippen LogP contribution is -2.03. The summed E-state index contributed by atoms with van der Waals surface area (Å²) < 4.78 is 0. The molecule has 0 saturated carbocycles. The van der Waals surface area contributed by atoms with E-state index >= 15 is 0 Å². The molecule has 0 aromatic rings. The van der Waals surface area contributed by atoms with Gasteiger partial charge >= 0.3 is 0 Å². The zero-order chi connectivity index (χ0) is 9.82. The number of rotatable bonds is 5. The van der Waals surface area contributed by atoms with Crippen LogP contribution >= 0.6 is 0 Å². The molecule has 1 unspecified atom stereocenters. The number of carbonyl (C=O) groups is 1. The lowest BCUT2D eigenvalue weighted by molar-refractivity contribution is -0.106. The first-order valence-electron chi connectivity index (χ1n) is 4.17. The average molecular weight is 173 g/mol. The van der Waals surface area contributed by atoms with Gasteiger partial charge in [0.1, 0.15) is 0 Å². The first-order chi connectivity index (χ1) is 5.72. The zero-order valence-electron chi connectivity index (χ0n) is 7.70. The van der Waals surface area contributed by atoms with Gasteiger partial charge in [0.05, 0.1) is 6.10 Å². The molecule has 3 nitrogen and oxygen atoms in total. The van der Waals surface area contributed by atoms with Crippen LogP contribution in [0.2, 0.25) is 0 Å². The second kappa shape index (κ2) is 12.8. The van der Waals surface area contributed by atoms with E-state index < -0.39 is 0 Å². The second-order valence-electron chi connectivity index (χ2n) is 2.46. The summed E-state index contributed by atoms with van der Waals surface area (Å²) in [7, 11) is 0. The molecule has 0 aromatic carbocycles. The van der Waals surface area contributed by atoms with Crippen molar-refractivity contribution in [1.82, 2.24) is 0 Å². The molecule has 12 heavy (non-hydrogen) atoms. The van der Waals surface area contributed by atoms with Gasteiger partial charge in [-0.15, -0.1) is 6.58 Å². The lowest BCUT2D eigenvalue weighted by atomic mass is 10.1. The van der Waals surface area contributed by atoms with Crippen molar-refractivity contribution in [3.05, 3.63) is 12.7 Å². The summed E-state index contributed by atoms with van der Waals surface area (Å²) in [5, 5.41) is 9.11. The molecule has 3 N–H and O–H groups in total. The van der Waals surface area contributed by atoms with Crippen LogP contribution in [0, 0.1) is 0 Å². The van der Waals surface area contributed by atoms with Crippen LogP contribution in [0.3, 0.4) is 0 Å². The highest BCUT2D eigenvalue weighted by atomic mass is 16.3. The van der Waals surface area contributed by atoms with Crippen molar-refractivity contribution < 1.29 is 9.90 Å². The summed E-state index contributed by atoms with van der Waals surface area (Å²) in [6.45, 7) is 5.67. The van der Waals surface area contributed by atoms with Gasteiger partial charge in [0.25, 0.3) is 0 Å². The van der Waals surface area contributed by atoms with Crippen molar-refractivity contribution in [1.29, 1.82) is 0 Å². The number of carbonyl (C=O) groups excluding carboxylic acids is 1. The Morgan fingerprint density at radius 2 is 2.17 bits per heavy atom. The maximum absolute atomic E-state index is 9.11. The van der Waals surface area contributed by atoms with Gasteiger partial charge in [-0.2, -0.15) is 0 Å². The number of nitrogens with two attached hydrogens (primary N) is 1. The van der Waals surface area contributed by atoms with Crippen molar-refractivity contribution in [2.45, 2.75) is 38.7 Å². The predicted octanol–water partition coefficient (Wildman–Crippen LogP) is 1.22. The number of unbranched alkanes of at least 4 members (excludes halogenated alkanes) is 1. The fraction of sp³-hybridized carbons (Fsp3) is 0.667. The van der Waals surface area contributed by atoms with E-state index in [1.165, 1.54) is 0 Å². The number of aliphatic hydroxyl groups excluding tert-OH is 1. The molecule has 1 amide bonds. The molecule has 0 bridgehead atoms. The Morgan fingerprint density at radius 1 is 1.67 bits per heavy atom. The SMILES string of the molecule is C=CCC(O)CCCC.NC=O. The summed E-state index contributed by atoms with van der Waals surface area (Å²) >= 11 is 0. The average Bonchev–Trinajstić information content (AvgIpc) is 2.03. The maximum Gasteiger partial charge on any atom is 0.204 e. The molecule has 0 aromatic heterocycles. The summed E-state index contributed by atoms with van der Waals surface area (Å²) in [6.07, 6.45) is 5.80. The summed E-state index contributed by atoms with van der Waals surface area (Å²) in [5.41, 5.74) is 4.17. The topological polar surface area (TPSA) is 63.3 Å². The zero-order valence-corrected chi connectivity index (χ0v) is 7.70. The number of primary amides is 1. The van der Waals surface area contributed by atoms with Gasteiger partial charge in [-0.25, -0.2) is 0 Å². The lowest BCUT2D eigenvalue weighted by Gasteiger charge is -2.04. The van der Waals surface area contributed by atoms with Crippen LogP contribution in [0.4, 0.5) is 0 Å². The standard InChI is InChI=1S/C8H16O.CH3NO/c1-3-5-7-8(9)6-4-2;2-1-3/h4,8-9H,2-3,5-7H2,1H3;1H,(H2,2,3). The number of hydrogen-bond acceptors (Lipinski definition) is 2. The Balaban J connectivity index is 0. The molecule has 0 radical (unpaired) electrons. The monoisotopic (exact) mass is 173 g/mol. The van der Waals surface area contributed by atoms with Gasteiger partial charge in [-0.05, 0) is 12.8 Å². The van der Waals surface area contributed by atoms with Gasteiger partial charge < -0.3 is 10.8 Å². The molecule has 1 atom stereocenters. The second-order valence-corrected chi connectivity index (χ2v) is 2.46. The van der Waals surface area contributed by atoms with E-state index in [9.17, 15) is 0 Å². The van der Waals surface area contributed by atoms with E-state index in [2.05, 4.69) is 19.2 Å². The van der Waals surface area contributed by atoms with Crippen molar-refractivity contribution in [3.8, 4) is 0 Å². The van der Waals surface area contributed by atoms with Gasteiger partial charge in [-0.3, -0.25) is 4.79 Å². The third-order valence-electron chi connectivity index (χ3n) is 1.33. The number of amides is 1. The van der Waals surface area contributed by atoms with E-state index in [1.54, 1.807) is 6.08 Å². The molecule has 0 spiro atoms. The Hall–Kier alpha value is -0.830. The first-order valence-corrected chi connectivity index (χ1v) is 4.17. The van der Waals surface area contributed by atoms with Crippen LogP contribution in [-0.4, -0.2) is 17.6 Å². The van der Waals surface area contributed by atoms with Gasteiger partial charge in [0.2, 0.25) is 6.41 Å². The molecule has 0 fully saturated rings. The van der Waals surface area contributed by atoms with E-state index in [4.69, 9.17) is 9.90 Å². The molecule has 3 heteroatoms. The Bertz CT molecular complexity index is 105. The van der Waals surface area contributed by atoms with Crippen molar-refractivity contribution >= 4 is 6.41 Å². The highest BCUT2D eigenvalue weighted by molar-refractivity contribution is 5.42. The molecular formula is C9H19NO2. The summed E-state index contributed by atoms with van der Waals surface area (Å²) in [6, 6.07) is 0. The quantitative estimate of drug-likeness (QED) is 0.485. The van der Waals surface area contributed by atoms with E-state index in [0.717, 1.165) is 25.7 Å². The Kier molecular flexibility index (Phi) is 14.7. The van der Waals surface area contributed by atoms with E-state index in [0.29, 0.717) is 0 Å². The third-order valence-corrected chi connectivity index (χ3v) is 1.33. The highest BCUT2D eigenvalue weighted by Crippen LogP contribution is 2.03. The minimum Gasteiger partial charge on any atom is -0.393 e. The van der Waals surface area contributed by atoms with Crippen LogP contribution in [0.15, 0.2) is 12.7 Å². The molecular weight excluding hydrogens is 154 g/mol. The fourth-order valence-electron chi connectivity index (χ4n) is 0.750. The van der Waals surface area contributed by atoms with Gasteiger partial charge in [0.15, 0.2) is 0 Å². The fourth-order valence-corrected chi connectivity index (χ4v) is 0.750. The molecule has 0 rings (SSSR count). The molecule has 0 aliphatic rings. The summed E-state index contributed by atoms with van der Waals surface area (Å²) in [5.74, 6) is 0. The van der Waals surface area contributed by atoms with Gasteiger partial charge in [0, 0.05) is 0 Å². The molecule has 0 aliphatic heterocycles. The largest absolute Gasteiger partial charge is 0.393 e. The van der Waals surface area contributed by atoms with Gasteiger partial charge in [-0.1, -0.05) is 25.8 Å². The van der Waals surface area contributed by atoms with Crippen LogP contribution in [0.5, 0.6) is 0 Å². The summed E-state index contributed by atoms with van der Waals surface area (Å²) in [4.78, 5) is 8.58. The molecule has 0 saturated heterocycles. The van der Waals surface area contributed by atoms with Crippen molar-refractivity contribution in [2.75, 3.05) is 0 Å². The normalized spacial score (nSPS) is 10.8. The smallest absolute Gasteiger partial charge is 0.204 e. The number of aliphatic hydroxyl groups is 1. The number of hydrogen-bond donors (Lipinski definition) is 2. The van der Waals surface area contributed by atoms with E-state index in [-0.39, 0.29) is 12.5 Å². The van der Waals surface area contributed by atoms with Crippen LogP contribution in [0.25, 0.3) is 0 Å². The van der Waals surface area contributed by atoms with Crippen molar-refractivity contribution in [2.24, 2.45) is 5.73 Å². The molecule has 72 valence electrons. The minimum atomic E-state index is -0.151. The molecule has 0 heterocycles. The predicted molar refractivity (Wildman–Crippen MR) is 50.6 cm³/mol. The van der Waals surface area contributed by atoms with Crippen LogP contribution < -0.4 is 5.73 Å². The minimum absolute atomic E-state index is 0.151. The first kappa shape index (κ1) is 13.7. The Morgan fingerprint density at radius 3 is 2.50 bits per heavy atom. The highest BCUT2D eigenvalue weighted by Gasteiger charge is 1.97.